The number of benzene rings is 2. The van der Waals surface area contributed by atoms with Gasteiger partial charge in [0.15, 0.2) is 5.69 Å². The van der Waals surface area contributed by atoms with Crippen molar-refractivity contribution >= 4 is 35.0 Å². The predicted octanol–water partition coefficient (Wildman–Crippen LogP) is 3.98. The molecule has 0 bridgehead atoms. The third-order valence-electron chi connectivity index (χ3n) is 4.12. The summed E-state index contributed by atoms with van der Waals surface area (Å²) in [6.07, 6.45) is 0. The Labute approximate surface area is 154 Å². The number of fused-ring (bicyclic) bond motifs is 1. The van der Waals surface area contributed by atoms with Crippen LogP contribution in [0.4, 0.5) is 5.69 Å². The van der Waals surface area contributed by atoms with Crippen LogP contribution < -0.4 is 4.90 Å². The van der Waals surface area contributed by atoms with E-state index < -0.39 is 0 Å². The second-order valence-corrected chi connectivity index (χ2v) is 7.26. The molecule has 0 atom stereocenters. The molecule has 3 aromatic rings. The lowest BCUT2D eigenvalue weighted by Crippen LogP contribution is -2.36. The van der Waals surface area contributed by atoms with Crippen LogP contribution in [0, 0.1) is 6.92 Å². The molecule has 0 spiro atoms. The van der Waals surface area contributed by atoms with Crippen LogP contribution in [0.3, 0.4) is 0 Å². The number of aromatic nitrogens is 3. The number of para-hydroxylation sites is 1. The Morgan fingerprint density at radius 2 is 2.04 bits per heavy atom. The summed E-state index contributed by atoms with van der Waals surface area (Å²) in [6, 6.07) is 15.3. The van der Waals surface area contributed by atoms with Crippen molar-refractivity contribution in [2.24, 2.45) is 0 Å². The van der Waals surface area contributed by atoms with Crippen molar-refractivity contribution in [3.8, 4) is 5.69 Å². The molecule has 7 heteroatoms. The molecular formula is C18H15ClN4OS. The SMILES string of the molecule is Cc1c(C(=O)N2CCSc3ccccc32)nnn1-c1cccc(Cl)c1. The molecule has 5 nitrogen and oxygen atoms in total. The lowest BCUT2D eigenvalue weighted by atomic mass is 10.2. The summed E-state index contributed by atoms with van der Waals surface area (Å²) < 4.78 is 1.64. The molecule has 0 N–H and O–H groups in total. The Morgan fingerprint density at radius 3 is 2.88 bits per heavy atom. The molecule has 2 heterocycles. The average Bonchev–Trinajstić information content (AvgIpc) is 3.02. The number of carbonyl (C=O) groups excluding carboxylic acids is 1. The molecular weight excluding hydrogens is 356 g/mol. The normalized spacial score (nSPS) is 13.6. The van der Waals surface area contributed by atoms with Gasteiger partial charge in [0.2, 0.25) is 0 Å². The summed E-state index contributed by atoms with van der Waals surface area (Å²) in [5, 5.41) is 8.91. The second kappa shape index (κ2) is 6.54. The Hall–Kier alpha value is -2.31. The van der Waals surface area contributed by atoms with Crippen LogP contribution in [-0.2, 0) is 0 Å². The average molecular weight is 371 g/mol. The molecule has 0 aliphatic carbocycles. The molecule has 1 amide bonds. The summed E-state index contributed by atoms with van der Waals surface area (Å²) in [6.45, 7) is 2.50. The summed E-state index contributed by atoms with van der Waals surface area (Å²) >= 11 is 7.82. The van der Waals surface area contributed by atoms with E-state index in [1.165, 1.54) is 0 Å². The highest BCUT2D eigenvalue weighted by Gasteiger charge is 2.27. The largest absolute Gasteiger partial charge is 0.305 e. The fraction of sp³-hybridized carbons (Fsp3) is 0.167. The predicted molar refractivity (Wildman–Crippen MR) is 99.9 cm³/mol. The Morgan fingerprint density at radius 1 is 1.20 bits per heavy atom. The van der Waals surface area contributed by atoms with Crippen LogP contribution in [0.2, 0.25) is 5.02 Å². The van der Waals surface area contributed by atoms with Crippen molar-refractivity contribution in [2.45, 2.75) is 11.8 Å². The Kier molecular flexibility index (Phi) is 4.23. The number of halogens is 1. The number of hydrogen-bond donors (Lipinski definition) is 0. The maximum absolute atomic E-state index is 13.1. The molecule has 0 fully saturated rings. The highest BCUT2D eigenvalue weighted by Crippen LogP contribution is 2.35. The molecule has 126 valence electrons. The first-order valence-electron chi connectivity index (χ1n) is 7.87. The van der Waals surface area contributed by atoms with Crippen LogP contribution >= 0.6 is 23.4 Å². The zero-order valence-corrected chi connectivity index (χ0v) is 15.1. The maximum Gasteiger partial charge on any atom is 0.280 e. The van der Waals surface area contributed by atoms with Gasteiger partial charge in [0, 0.05) is 22.2 Å². The summed E-state index contributed by atoms with van der Waals surface area (Å²) in [5.74, 6) is 0.739. The Bertz CT molecular complexity index is 956. The minimum absolute atomic E-state index is 0.126. The van der Waals surface area contributed by atoms with E-state index in [4.69, 9.17) is 11.6 Å². The van der Waals surface area contributed by atoms with E-state index in [1.54, 1.807) is 33.5 Å². The highest BCUT2D eigenvalue weighted by molar-refractivity contribution is 7.99. The maximum atomic E-state index is 13.1. The van der Waals surface area contributed by atoms with Gasteiger partial charge in [-0.3, -0.25) is 4.79 Å². The third-order valence-corrected chi connectivity index (χ3v) is 5.40. The number of nitrogens with zero attached hydrogens (tertiary/aromatic N) is 4. The topological polar surface area (TPSA) is 51.0 Å². The van der Waals surface area contributed by atoms with Crippen molar-refractivity contribution in [3.63, 3.8) is 0 Å². The standard InChI is InChI=1S/C18H15ClN4OS/c1-12-17(20-21-23(12)14-6-4-5-13(19)11-14)18(24)22-9-10-25-16-8-3-2-7-15(16)22/h2-8,11H,9-10H2,1H3. The zero-order valence-electron chi connectivity index (χ0n) is 13.5. The summed E-state index contributed by atoms with van der Waals surface area (Å²) in [4.78, 5) is 16.0. The molecule has 0 saturated heterocycles. The molecule has 1 aliphatic heterocycles. The number of rotatable bonds is 2. The van der Waals surface area contributed by atoms with Crippen molar-refractivity contribution in [3.05, 3.63) is 64.9 Å². The number of thioether (sulfide) groups is 1. The van der Waals surface area contributed by atoms with E-state index in [-0.39, 0.29) is 5.91 Å². The smallest absolute Gasteiger partial charge is 0.280 e. The van der Waals surface area contributed by atoms with E-state index in [2.05, 4.69) is 10.3 Å². The molecule has 0 unspecified atom stereocenters. The van der Waals surface area contributed by atoms with Gasteiger partial charge in [0.25, 0.3) is 5.91 Å². The minimum Gasteiger partial charge on any atom is -0.305 e. The molecule has 0 radical (unpaired) electrons. The van der Waals surface area contributed by atoms with Crippen LogP contribution in [0.25, 0.3) is 5.69 Å². The molecule has 1 aromatic heterocycles. The van der Waals surface area contributed by atoms with Gasteiger partial charge in [-0.2, -0.15) is 0 Å². The first-order chi connectivity index (χ1) is 12.1. The molecule has 25 heavy (non-hydrogen) atoms. The van der Waals surface area contributed by atoms with Gasteiger partial charge in [-0.15, -0.1) is 16.9 Å². The first-order valence-corrected chi connectivity index (χ1v) is 9.23. The second-order valence-electron chi connectivity index (χ2n) is 5.69. The van der Waals surface area contributed by atoms with Crippen LogP contribution in [0.15, 0.2) is 53.4 Å². The van der Waals surface area contributed by atoms with Gasteiger partial charge in [-0.1, -0.05) is 35.0 Å². The highest BCUT2D eigenvalue weighted by atomic mass is 35.5. The van der Waals surface area contributed by atoms with Gasteiger partial charge in [-0.05, 0) is 37.3 Å². The number of hydrogen-bond acceptors (Lipinski definition) is 4. The number of amides is 1. The van der Waals surface area contributed by atoms with E-state index in [1.807, 2.05) is 43.3 Å². The lowest BCUT2D eigenvalue weighted by Gasteiger charge is -2.28. The van der Waals surface area contributed by atoms with Crippen LogP contribution in [0.1, 0.15) is 16.2 Å². The molecule has 4 rings (SSSR count). The van der Waals surface area contributed by atoms with Gasteiger partial charge >= 0.3 is 0 Å². The van der Waals surface area contributed by atoms with Gasteiger partial charge < -0.3 is 4.90 Å². The van der Waals surface area contributed by atoms with Crippen LogP contribution in [-0.4, -0.2) is 33.2 Å². The third kappa shape index (κ3) is 2.92. The van der Waals surface area contributed by atoms with Gasteiger partial charge in [0.05, 0.1) is 17.1 Å². The van der Waals surface area contributed by atoms with Gasteiger partial charge in [0.1, 0.15) is 0 Å². The molecule has 0 saturated carbocycles. The quantitative estimate of drug-likeness (QED) is 0.684. The summed E-state index contributed by atoms with van der Waals surface area (Å²) in [5.41, 5.74) is 2.77. The zero-order chi connectivity index (χ0) is 17.4. The number of carbonyl (C=O) groups is 1. The van der Waals surface area contributed by atoms with Crippen molar-refractivity contribution in [1.29, 1.82) is 0 Å². The molecule has 1 aliphatic rings. The van der Waals surface area contributed by atoms with E-state index in [9.17, 15) is 4.79 Å². The molecule has 2 aromatic carbocycles. The first kappa shape index (κ1) is 16.2. The number of anilines is 1. The van der Waals surface area contributed by atoms with Crippen molar-refractivity contribution in [1.82, 2.24) is 15.0 Å². The van der Waals surface area contributed by atoms with E-state index >= 15 is 0 Å². The van der Waals surface area contributed by atoms with Crippen molar-refractivity contribution < 1.29 is 4.79 Å². The van der Waals surface area contributed by atoms with E-state index in [0.717, 1.165) is 22.0 Å². The Balaban J connectivity index is 1.71. The van der Waals surface area contributed by atoms with E-state index in [0.29, 0.717) is 23.0 Å². The van der Waals surface area contributed by atoms with Gasteiger partial charge in [-0.25, -0.2) is 4.68 Å². The monoisotopic (exact) mass is 370 g/mol. The summed E-state index contributed by atoms with van der Waals surface area (Å²) in [7, 11) is 0. The fourth-order valence-electron chi connectivity index (χ4n) is 2.89. The van der Waals surface area contributed by atoms with Crippen LogP contribution in [0.5, 0.6) is 0 Å². The fourth-order valence-corrected chi connectivity index (χ4v) is 4.07. The van der Waals surface area contributed by atoms with Crippen molar-refractivity contribution in [2.75, 3.05) is 17.2 Å². The lowest BCUT2D eigenvalue weighted by molar-refractivity contribution is 0.0982. The minimum atomic E-state index is -0.126.